The van der Waals surface area contributed by atoms with Crippen LogP contribution in [0.25, 0.3) is 11.0 Å². The fraction of sp³-hybridized carbons (Fsp3) is 0.429. The number of aromatic nitrogens is 6. The molecule has 3 rings (SSSR count). The van der Waals surface area contributed by atoms with Crippen LogP contribution in [0.3, 0.4) is 0 Å². The van der Waals surface area contributed by atoms with Crippen LogP contribution in [-0.4, -0.2) is 29.5 Å². The van der Waals surface area contributed by atoms with E-state index < -0.39 is 0 Å². The maximum Gasteiger partial charge on any atom is 0.163 e. The first-order valence-electron chi connectivity index (χ1n) is 6.86. The van der Waals surface area contributed by atoms with Crippen molar-refractivity contribution in [2.75, 3.05) is 5.32 Å². The van der Waals surface area contributed by atoms with Crippen LogP contribution in [0, 0.1) is 20.8 Å². The molecular formula is C14H19N7. The second kappa shape index (κ2) is 4.83. The fourth-order valence-corrected chi connectivity index (χ4v) is 2.51. The Labute approximate surface area is 123 Å². The molecule has 0 radical (unpaired) electrons. The molecule has 110 valence electrons. The van der Waals surface area contributed by atoms with Crippen molar-refractivity contribution in [2.45, 2.75) is 27.3 Å². The summed E-state index contributed by atoms with van der Waals surface area (Å²) in [5.74, 6) is 1.54. The summed E-state index contributed by atoms with van der Waals surface area (Å²) in [4.78, 5) is 8.92. The highest BCUT2D eigenvalue weighted by atomic mass is 15.3. The Morgan fingerprint density at radius 2 is 1.86 bits per heavy atom. The van der Waals surface area contributed by atoms with Crippen molar-refractivity contribution in [1.29, 1.82) is 0 Å². The summed E-state index contributed by atoms with van der Waals surface area (Å²) in [7, 11) is 3.84. The van der Waals surface area contributed by atoms with Gasteiger partial charge in [-0.25, -0.2) is 9.97 Å². The molecule has 0 saturated carbocycles. The third-order valence-electron chi connectivity index (χ3n) is 3.80. The summed E-state index contributed by atoms with van der Waals surface area (Å²) in [6.07, 6.45) is 1.79. The summed E-state index contributed by atoms with van der Waals surface area (Å²) in [6.45, 7) is 6.67. The van der Waals surface area contributed by atoms with Crippen molar-refractivity contribution in [3.05, 3.63) is 29.0 Å². The van der Waals surface area contributed by atoms with Crippen LogP contribution in [0.5, 0.6) is 0 Å². The van der Waals surface area contributed by atoms with E-state index in [9.17, 15) is 0 Å². The molecule has 0 bridgehead atoms. The highest BCUT2D eigenvalue weighted by Gasteiger charge is 2.12. The van der Waals surface area contributed by atoms with Crippen molar-refractivity contribution in [3.8, 4) is 0 Å². The van der Waals surface area contributed by atoms with Crippen molar-refractivity contribution >= 4 is 16.9 Å². The van der Waals surface area contributed by atoms with Gasteiger partial charge in [0.15, 0.2) is 5.65 Å². The van der Waals surface area contributed by atoms with E-state index in [0.29, 0.717) is 6.54 Å². The van der Waals surface area contributed by atoms with Crippen molar-refractivity contribution in [3.63, 3.8) is 0 Å². The number of nitrogens with zero attached hydrogens (tertiary/aromatic N) is 6. The van der Waals surface area contributed by atoms with Gasteiger partial charge in [-0.05, 0) is 20.8 Å². The number of rotatable bonds is 3. The number of nitrogens with one attached hydrogen (secondary N) is 1. The Morgan fingerprint density at radius 3 is 2.52 bits per heavy atom. The highest BCUT2D eigenvalue weighted by molar-refractivity contribution is 5.86. The maximum atomic E-state index is 4.49. The Morgan fingerprint density at radius 1 is 1.10 bits per heavy atom. The molecule has 7 heteroatoms. The van der Waals surface area contributed by atoms with Gasteiger partial charge in [0.1, 0.15) is 11.6 Å². The van der Waals surface area contributed by atoms with Crippen molar-refractivity contribution in [1.82, 2.24) is 29.5 Å². The first-order valence-corrected chi connectivity index (χ1v) is 6.86. The molecule has 3 aromatic rings. The molecule has 1 N–H and O–H groups in total. The zero-order valence-electron chi connectivity index (χ0n) is 13.0. The monoisotopic (exact) mass is 285 g/mol. The van der Waals surface area contributed by atoms with Crippen LogP contribution in [0.1, 0.15) is 22.8 Å². The topological polar surface area (TPSA) is 73.5 Å². The molecule has 0 saturated heterocycles. The minimum absolute atomic E-state index is 0.686. The van der Waals surface area contributed by atoms with E-state index in [4.69, 9.17) is 0 Å². The van der Waals surface area contributed by atoms with Gasteiger partial charge in [0, 0.05) is 31.9 Å². The van der Waals surface area contributed by atoms with E-state index in [0.717, 1.165) is 34.1 Å². The largest absolute Gasteiger partial charge is 0.365 e. The number of hydrogen-bond acceptors (Lipinski definition) is 5. The Balaban J connectivity index is 1.95. The molecule has 3 heterocycles. The molecule has 0 aromatic carbocycles. The molecular weight excluding hydrogens is 266 g/mol. The second-order valence-electron chi connectivity index (χ2n) is 5.25. The molecule has 21 heavy (non-hydrogen) atoms. The fourth-order valence-electron chi connectivity index (χ4n) is 2.51. The van der Waals surface area contributed by atoms with Gasteiger partial charge in [0.05, 0.1) is 17.3 Å². The standard InChI is InChI=1S/C14H19N7/c1-8-11(9(2)20(4)19-8)6-15-13-12-7-16-21(5)14(12)18-10(3)17-13/h7H,6H2,1-5H3,(H,15,17,18). The predicted octanol–water partition coefficient (Wildman–Crippen LogP) is 1.63. The van der Waals surface area contributed by atoms with E-state index in [2.05, 4.69) is 32.4 Å². The first kappa shape index (κ1) is 13.5. The van der Waals surface area contributed by atoms with Crippen LogP contribution >= 0.6 is 0 Å². The molecule has 0 amide bonds. The molecule has 0 aliphatic heterocycles. The number of anilines is 1. The van der Waals surface area contributed by atoms with Gasteiger partial charge in [-0.15, -0.1) is 0 Å². The summed E-state index contributed by atoms with van der Waals surface area (Å²) < 4.78 is 3.66. The summed E-state index contributed by atoms with van der Waals surface area (Å²) in [6, 6.07) is 0. The lowest BCUT2D eigenvalue weighted by Crippen LogP contribution is -2.06. The van der Waals surface area contributed by atoms with Crippen LogP contribution in [0.2, 0.25) is 0 Å². The lowest BCUT2D eigenvalue weighted by atomic mass is 10.2. The quantitative estimate of drug-likeness (QED) is 0.792. The van der Waals surface area contributed by atoms with Gasteiger partial charge in [0.25, 0.3) is 0 Å². The SMILES string of the molecule is Cc1nc(NCc2c(C)nn(C)c2C)c2cnn(C)c2n1. The van der Waals surface area contributed by atoms with E-state index in [1.54, 1.807) is 10.9 Å². The zero-order valence-corrected chi connectivity index (χ0v) is 13.0. The van der Waals surface area contributed by atoms with Crippen LogP contribution in [-0.2, 0) is 20.6 Å². The predicted molar refractivity (Wildman–Crippen MR) is 81.0 cm³/mol. The van der Waals surface area contributed by atoms with Crippen molar-refractivity contribution < 1.29 is 0 Å². The first-order chi connectivity index (χ1) is 9.97. The minimum atomic E-state index is 0.686. The van der Waals surface area contributed by atoms with Crippen LogP contribution in [0.15, 0.2) is 6.20 Å². The smallest absolute Gasteiger partial charge is 0.163 e. The lowest BCUT2D eigenvalue weighted by Gasteiger charge is -2.08. The van der Waals surface area contributed by atoms with Crippen molar-refractivity contribution in [2.24, 2.45) is 14.1 Å². The van der Waals surface area contributed by atoms with Gasteiger partial charge in [-0.1, -0.05) is 0 Å². The molecule has 0 fully saturated rings. The van der Waals surface area contributed by atoms with Crippen LogP contribution < -0.4 is 5.32 Å². The average Bonchev–Trinajstić information content (AvgIpc) is 2.90. The maximum absolute atomic E-state index is 4.49. The van der Waals surface area contributed by atoms with Gasteiger partial charge in [-0.3, -0.25) is 9.36 Å². The molecule has 3 aromatic heterocycles. The highest BCUT2D eigenvalue weighted by Crippen LogP contribution is 2.21. The van der Waals surface area contributed by atoms with E-state index in [1.807, 2.05) is 32.6 Å². The second-order valence-corrected chi connectivity index (χ2v) is 5.25. The number of hydrogen-bond donors (Lipinski definition) is 1. The average molecular weight is 285 g/mol. The lowest BCUT2D eigenvalue weighted by molar-refractivity contribution is 0.730. The van der Waals surface area contributed by atoms with Crippen LogP contribution in [0.4, 0.5) is 5.82 Å². The minimum Gasteiger partial charge on any atom is -0.365 e. The summed E-state index contributed by atoms with van der Waals surface area (Å²) in [5, 5.41) is 13.0. The normalized spacial score (nSPS) is 11.3. The molecule has 0 aliphatic rings. The Bertz CT molecular complexity index is 812. The third kappa shape index (κ3) is 2.24. The van der Waals surface area contributed by atoms with E-state index in [1.165, 1.54) is 5.56 Å². The van der Waals surface area contributed by atoms with E-state index in [-0.39, 0.29) is 0 Å². The van der Waals surface area contributed by atoms with Gasteiger partial charge in [0.2, 0.25) is 0 Å². The Kier molecular flexibility index (Phi) is 3.12. The zero-order chi connectivity index (χ0) is 15.1. The molecule has 0 spiro atoms. The molecule has 0 atom stereocenters. The molecule has 7 nitrogen and oxygen atoms in total. The van der Waals surface area contributed by atoms with Gasteiger partial charge < -0.3 is 5.32 Å². The Hall–Kier alpha value is -2.44. The van der Waals surface area contributed by atoms with Gasteiger partial charge >= 0.3 is 0 Å². The third-order valence-corrected chi connectivity index (χ3v) is 3.80. The van der Waals surface area contributed by atoms with E-state index >= 15 is 0 Å². The van der Waals surface area contributed by atoms with Gasteiger partial charge in [-0.2, -0.15) is 10.2 Å². The molecule has 0 aliphatic carbocycles. The summed E-state index contributed by atoms with van der Waals surface area (Å²) in [5.41, 5.74) is 4.24. The number of fused-ring (bicyclic) bond motifs is 1. The summed E-state index contributed by atoms with van der Waals surface area (Å²) >= 11 is 0. The molecule has 0 unspecified atom stereocenters. The number of aryl methyl sites for hydroxylation is 4.